The molecule has 0 spiro atoms. The van der Waals surface area contributed by atoms with Crippen molar-refractivity contribution in [1.29, 1.82) is 0 Å². The molecule has 0 unspecified atom stereocenters. The first-order valence-electron chi connectivity index (χ1n) is 12.6. The Morgan fingerprint density at radius 2 is 1.95 bits per heavy atom. The van der Waals surface area contributed by atoms with E-state index in [9.17, 15) is 14.7 Å². The average Bonchev–Trinajstić information content (AvgIpc) is 3.31. The number of aromatic amines is 1. The Morgan fingerprint density at radius 1 is 1.16 bits per heavy atom. The molecule has 192 valence electrons. The minimum atomic E-state index is -0.705. The highest BCUT2D eigenvalue weighted by Crippen LogP contribution is 2.37. The van der Waals surface area contributed by atoms with Crippen LogP contribution < -0.4 is 5.43 Å². The number of hydrogen-bond donors (Lipinski definition) is 2. The van der Waals surface area contributed by atoms with Gasteiger partial charge in [0.2, 0.25) is 17.1 Å². The van der Waals surface area contributed by atoms with Crippen molar-refractivity contribution in [3.8, 4) is 5.75 Å². The van der Waals surface area contributed by atoms with Crippen LogP contribution in [0.1, 0.15) is 40.7 Å². The van der Waals surface area contributed by atoms with Crippen LogP contribution in [0.25, 0.3) is 21.8 Å². The quantitative estimate of drug-likeness (QED) is 0.346. The van der Waals surface area contributed by atoms with Gasteiger partial charge in [-0.1, -0.05) is 36.4 Å². The molecule has 5 aromatic rings. The maximum absolute atomic E-state index is 13.8. The number of H-pyrrole nitrogens is 1. The van der Waals surface area contributed by atoms with Crippen molar-refractivity contribution in [2.24, 2.45) is 0 Å². The number of aromatic hydroxyl groups is 1. The fourth-order valence-corrected chi connectivity index (χ4v) is 5.48. The van der Waals surface area contributed by atoms with Gasteiger partial charge in [-0.2, -0.15) is 0 Å². The molecule has 4 heterocycles. The molecule has 0 aliphatic carbocycles. The lowest BCUT2D eigenvalue weighted by Gasteiger charge is -2.29. The summed E-state index contributed by atoms with van der Waals surface area (Å²) in [4.78, 5) is 36.2. The number of hydrogen-bond acceptors (Lipinski definition) is 6. The number of para-hydroxylation sites is 2. The van der Waals surface area contributed by atoms with Crippen LogP contribution in [0, 0.1) is 0 Å². The molecule has 0 saturated heterocycles. The summed E-state index contributed by atoms with van der Waals surface area (Å²) in [5.74, 6) is -0.970. The maximum atomic E-state index is 13.8. The van der Waals surface area contributed by atoms with E-state index < -0.39 is 17.1 Å². The first-order chi connectivity index (χ1) is 18.5. The van der Waals surface area contributed by atoms with Gasteiger partial charge in [-0.15, -0.1) is 0 Å². The van der Waals surface area contributed by atoms with Gasteiger partial charge < -0.3 is 24.1 Å². The van der Waals surface area contributed by atoms with E-state index >= 15 is 0 Å². The van der Waals surface area contributed by atoms with Gasteiger partial charge in [0.25, 0.3) is 0 Å². The van der Waals surface area contributed by atoms with E-state index in [-0.39, 0.29) is 30.5 Å². The molecule has 3 aromatic heterocycles. The van der Waals surface area contributed by atoms with E-state index in [1.165, 1.54) is 24.1 Å². The van der Waals surface area contributed by atoms with Crippen LogP contribution >= 0.6 is 0 Å². The van der Waals surface area contributed by atoms with Crippen LogP contribution in [0.2, 0.25) is 0 Å². The van der Waals surface area contributed by atoms with Crippen molar-refractivity contribution in [2.75, 3.05) is 13.7 Å². The average molecular weight is 510 g/mol. The lowest BCUT2D eigenvalue weighted by atomic mass is 9.89. The number of benzene rings is 2. The maximum Gasteiger partial charge on any atom is 0.227 e. The van der Waals surface area contributed by atoms with Gasteiger partial charge in [-0.25, -0.2) is 0 Å². The van der Waals surface area contributed by atoms with Gasteiger partial charge in [0.15, 0.2) is 5.76 Å². The molecule has 1 atom stereocenters. The van der Waals surface area contributed by atoms with Gasteiger partial charge in [0, 0.05) is 54.3 Å². The number of carbonyl (C=O) groups excluding carboxylic acids is 1. The molecular weight excluding hydrogens is 482 g/mol. The van der Waals surface area contributed by atoms with E-state index in [1.807, 2.05) is 53.4 Å². The molecule has 0 saturated carbocycles. The van der Waals surface area contributed by atoms with Gasteiger partial charge >= 0.3 is 0 Å². The first-order valence-corrected chi connectivity index (χ1v) is 12.6. The third kappa shape index (κ3) is 4.22. The number of methoxy groups -OCH3 is 1. The Bertz CT molecular complexity index is 1720. The molecule has 0 bridgehead atoms. The fraction of sp³-hybridized carbons (Fsp3) is 0.233. The number of fused-ring (bicyclic) bond motifs is 4. The van der Waals surface area contributed by atoms with Crippen LogP contribution in [0.4, 0.5) is 0 Å². The summed E-state index contributed by atoms with van der Waals surface area (Å²) in [5, 5.41) is 12.9. The molecule has 2 aromatic carbocycles. The standard InChI is InChI=1S/C30H27N3O5/c1-37-17-18-14-27(34)29(36)30(38-18)23(19-10-12-31-24-8-4-2-6-20(19)24)15-28(35)33-13-11-22-21-7-3-5-9-25(21)32-26(22)16-33/h2-10,12,14,23,32,36H,11,13,15-17H2,1H3/t23-/m1/s1. The van der Waals surface area contributed by atoms with Crippen molar-refractivity contribution in [1.82, 2.24) is 14.9 Å². The summed E-state index contributed by atoms with van der Waals surface area (Å²) in [5.41, 5.74) is 4.27. The molecule has 8 heteroatoms. The zero-order chi connectivity index (χ0) is 26.2. The third-order valence-corrected chi connectivity index (χ3v) is 7.28. The minimum absolute atomic E-state index is 0.0104. The molecule has 1 aliphatic rings. The Balaban J connectivity index is 1.40. The van der Waals surface area contributed by atoms with E-state index in [0.717, 1.165) is 34.1 Å². The smallest absolute Gasteiger partial charge is 0.227 e. The van der Waals surface area contributed by atoms with Crippen molar-refractivity contribution >= 4 is 27.7 Å². The third-order valence-electron chi connectivity index (χ3n) is 7.28. The van der Waals surface area contributed by atoms with Gasteiger partial charge in [-0.3, -0.25) is 14.6 Å². The number of pyridine rings is 1. The summed E-state index contributed by atoms with van der Waals surface area (Å²) < 4.78 is 11.2. The fourth-order valence-electron chi connectivity index (χ4n) is 5.48. The highest BCUT2D eigenvalue weighted by molar-refractivity contribution is 5.87. The summed E-state index contributed by atoms with van der Waals surface area (Å²) >= 11 is 0. The van der Waals surface area contributed by atoms with E-state index in [4.69, 9.17) is 9.15 Å². The van der Waals surface area contributed by atoms with Crippen LogP contribution in [0.15, 0.2) is 76.1 Å². The monoisotopic (exact) mass is 509 g/mol. The van der Waals surface area contributed by atoms with E-state index in [1.54, 1.807) is 6.20 Å². The summed E-state index contributed by atoms with van der Waals surface area (Å²) in [6.07, 6.45) is 2.43. The highest BCUT2D eigenvalue weighted by atomic mass is 16.5. The lowest BCUT2D eigenvalue weighted by Crippen LogP contribution is -2.36. The molecule has 38 heavy (non-hydrogen) atoms. The molecule has 0 fully saturated rings. The number of nitrogens with zero attached hydrogens (tertiary/aromatic N) is 2. The number of ether oxygens (including phenoxy) is 1. The van der Waals surface area contributed by atoms with Crippen LogP contribution in [-0.4, -0.2) is 39.5 Å². The second-order valence-electron chi connectivity index (χ2n) is 9.59. The van der Waals surface area contributed by atoms with E-state index in [2.05, 4.69) is 16.0 Å². The van der Waals surface area contributed by atoms with Crippen molar-refractivity contribution in [3.05, 3.63) is 105 Å². The topological polar surface area (TPSA) is 109 Å². The molecule has 0 radical (unpaired) electrons. The van der Waals surface area contributed by atoms with Gasteiger partial charge in [0.1, 0.15) is 12.4 Å². The number of aromatic nitrogens is 2. The summed E-state index contributed by atoms with van der Waals surface area (Å²) in [6, 6.07) is 18.8. The largest absolute Gasteiger partial charge is 0.502 e. The first kappa shape index (κ1) is 23.9. The molecule has 2 N–H and O–H groups in total. The van der Waals surface area contributed by atoms with Crippen molar-refractivity contribution < 1.29 is 19.1 Å². The predicted octanol–water partition coefficient (Wildman–Crippen LogP) is 4.63. The minimum Gasteiger partial charge on any atom is -0.502 e. The number of rotatable bonds is 6. The second kappa shape index (κ2) is 9.79. The van der Waals surface area contributed by atoms with E-state index in [0.29, 0.717) is 13.1 Å². The number of nitrogens with one attached hydrogen (secondary N) is 1. The second-order valence-corrected chi connectivity index (χ2v) is 9.59. The SMILES string of the molecule is COCc1cc(=O)c(O)c([C@H](CC(=O)N2CCc3c([nH]c4ccccc34)C2)c2ccnc3ccccc23)o1. The Morgan fingerprint density at radius 3 is 2.79 bits per heavy atom. The predicted molar refractivity (Wildman–Crippen MR) is 143 cm³/mol. The zero-order valence-corrected chi connectivity index (χ0v) is 20.9. The van der Waals surface area contributed by atoms with Crippen molar-refractivity contribution in [3.63, 3.8) is 0 Å². The lowest BCUT2D eigenvalue weighted by molar-refractivity contribution is -0.132. The Hall–Kier alpha value is -4.43. The van der Waals surface area contributed by atoms with Crippen LogP contribution in [0.3, 0.4) is 0 Å². The summed E-state index contributed by atoms with van der Waals surface area (Å²) in [7, 11) is 1.50. The zero-order valence-electron chi connectivity index (χ0n) is 20.9. The van der Waals surface area contributed by atoms with Crippen LogP contribution in [0.5, 0.6) is 5.75 Å². The Kier molecular flexibility index (Phi) is 6.17. The highest BCUT2D eigenvalue weighted by Gasteiger charge is 2.31. The van der Waals surface area contributed by atoms with Crippen molar-refractivity contribution in [2.45, 2.75) is 31.9 Å². The molecule has 1 amide bonds. The molecular formula is C30H27N3O5. The summed E-state index contributed by atoms with van der Waals surface area (Å²) in [6.45, 7) is 1.11. The molecule has 1 aliphatic heterocycles. The molecule has 8 nitrogen and oxygen atoms in total. The van der Waals surface area contributed by atoms with Crippen LogP contribution in [-0.2, 0) is 29.1 Å². The number of carbonyl (C=O) groups is 1. The molecule has 6 rings (SSSR count). The van der Waals surface area contributed by atoms with Gasteiger partial charge in [-0.05, 0) is 35.7 Å². The normalized spacial score (nSPS) is 14.1. The van der Waals surface area contributed by atoms with Gasteiger partial charge in [0.05, 0.1) is 18.0 Å². The number of amides is 1. The Labute approximate surface area is 218 Å².